The van der Waals surface area contributed by atoms with Gasteiger partial charge in [-0.25, -0.2) is 4.79 Å². The van der Waals surface area contributed by atoms with E-state index in [4.69, 9.17) is 4.84 Å². The molecule has 1 saturated heterocycles. The maximum absolute atomic E-state index is 11.8. The van der Waals surface area contributed by atoms with Gasteiger partial charge in [0.05, 0.1) is 12.1 Å². The predicted octanol–water partition coefficient (Wildman–Crippen LogP) is 2.62. The number of aromatic nitrogens is 1. The normalized spacial score (nSPS) is 18.2. The Balaban J connectivity index is 1.56. The molecule has 2 aliphatic heterocycles. The average molecular weight is 355 g/mol. The summed E-state index contributed by atoms with van der Waals surface area (Å²) >= 11 is 0. The summed E-state index contributed by atoms with van der Waals surface area (Å²) in [4.78, 5) is 47.4. The molecule has 136 valence electrons. The van der Waals surface area contributed by atoms with Gasteiger partial charge < -0.3 is 9.82 Å². The van der Waals surface area contributed by atoms with Crippen LogP contribution in [-0.2, 0) is 25.6 Å². The van der Waals surface area contributed by atoms with E-state index in [1.807, 2.05) is 25.2 Å². The number of hydroxylamine groups is 2. The van der Waals surface area contributed by atoms with E-state index in [2.05, 4.69) is 23.0 Å². The quantitative estimate of drug-likeness (QED) is 0.794. The number of amides is 2. The van der Waals surface area contributed by atoms with Crippen LogP contribution < -0.4 is 0 Å². The maximum Gasteiger partial charge on any atom is 0.333 e. The van der Waals surface area contributed by atoms with Gasteiger partial charge in [0.15, 0.2) is 0 Å². The van der Waals surface area contributed by atoms with Crippen molar-refractivity contribution in [1.82, 2.24) is 10.0 Å². The number of hydrogen-bond donors (Lipinski definition) is 1. The SMILES string of the molecule is CCc1cc(C)[nH]c1/C=C1/C=CC(CCC(=O)ON2C(=O)CCC2=O)=N1. The molecular weight excluding hydrogens is 334 g/mol. The first-order valence-corrected chi connectivity index (χ1v) is 8.68. The van der Waals surface area contributed by atoms with Gasteiger partial charge in [0.25, 0.3) is 11.8 Å². The topological polar surface area (TPSA) is 91.8 Å². The minimum atomic E-state index is -0.615. The monoisotopic (exact) mass is 355 g/mol. The van der Waals surface area contributed by atoms with E-state index in [0.29, 0.717) is 11.5 Å². The molecule has 1 aromatic rings. The predicted molar refractivity (Wildman–Crippen MR) is 95.9 cm³/mol. The van der Waals surface area contributed by atoms with Gasteiger partial charge in [-0.2, -0.15) is 0 Å². The highest BCUT2D eigenvalue weighted by Gasteiger charge is 2.32. The highest BCUT2D eigenvalue weighted by molar-refractivity contribution is 6.02. The number of aryl methyl sites for hydroxylation is 2. The van der Waals surface area contributed by atoms with Crippen molar-refractivity contribution in [3.05, 3.63) is 40.9 Å². The number of rotatable bonds is 6. The fourth-order valence-corrected chi connectivity index (χ4v) is 2.91. The second kappa shape index (κ2) is 7.51. The van der Waals surface area contributed by atoms with Crippen LogP contribution in [0.15, 0.2) is 28.9 Å². The molecule has 0 radical (unpaired) electrons. The maximum atomic E-state index is 11.8. The third-order valence-electron chi connectivity index (χ3n) is 4.24. The molecule has 1 N–H and O–H groups in total. The third-order valence-corrected chi connectivity index (χ3v) is 4.24. The Morgan fingerprint density at radius 3 is 2.73 bits per heavy atom. The van der Waals surface area contributed by atoms with Crippen LogP contribution in [0.1, 0.15) is 49.6 Å². The minimum Gasteiger partial charge on any atom is -0.359 e. The summed E-state index contributed by atoms with van der Waals surface area (Å²) < 4.78 is 0. The molecule has 2 aliphatic rings. The number of H-pyrrole nitrogens is 1. The van der Waals surface area contributed by atoms with E-state index in [9.17, 15) is 14.4 Å². The number of nitrogens with zero attached hydrogens (tertiary/aromatic N) is 2. The lowest BCUT2D eigenvalue weighted by Crippen LogP contribution is -2.32. The third kappa shape index (κ3) is 3.99. The summed E-state index contributed by atoms with van der Waals surface area (Å²) in [5, 5.41) is 0.569. The van der Waals surface area contributed by atoms with E-state index >= 15 is 0 Å². The van der Waals surface area contributed by atoms with E-state index < -0.39 is 17.8 Å². The van der Waals surface area contributed by atoms with Crippen molar-refractivity contribution in [3.63, 3.8) is 0 Å². The highest BCUT2D eigenvalue weighted by atomic mass is 16.7. The lowest BCUT2D eigenvalue weighted by atomic mass is 10.1. The zero-order chi connectivity index (χ0) is 18.7. The number of aliphatic imine (C=N–C) groups is 1. The first-order chi connectivity index (χ1) is 12.5. The van der Waals surface area contributed by atoms with Crippen molar-refractivity contribution in [2.75, 3.05) is 0 Å². The molecule has 7 nitrogen and oxygen atoms in total. The molecule has 0 atom stereocenters. The van der Waals surface area contributed by atoms with Gasteiger partial charge in [0.2, 0.25) is 0 Å². The van der Waals surface area contributed by atoms with Crippen molar-refractivity contribution in [2.45, 2.75) is 46.0 Å². The van der Waals surface area contributed by atoms with Crippen molar-refractivity contribution in [2.24, 2.45) is 4.99 Å². The van der Waals surface area contributed by atoms with Gasteiger partial charge in [-0.05, 0) is 43.2 Å². The van der Waals surface area contributed by atoms with E-state index in [1.165, 1.54) is 5.56 Å². The number of imide groups is 1. The van der Waals surface area contributed by atoms with Crippen molar-refractivity contribution < 1.29 is 19.2 Å². The lowest BCUT2D eigenvalue weighted by molar-refractivity contribution is -0.197. The van der Waals surface area contributed by atoms with Crippen LogP contribution in [0, 0.1) is 6.92 Å². The smallest absolute Gasteiger partial charge is 0.333 e. The van der Waals surface area contributed by atoms with Crippen LogP contribution in [0.3, 0.4) is 0 Å². The Hall–Kier alpha value is -2.96. The number of allylic oxidation sites excluding steroid dienone is 2. The molecule has 1 fully saturated rings. The Morgan fingerprint density at radius 2 is 2.04 bits per heavy atom. The zero-order valence-corrected chi connectivity index (χ0v) is 14.9. The van der Waals surface area contributed by atoms with Gasteiger partial charge in [-0.15, -0.1) is 5.06 Å². The van der Waals surface area contributed by atoms with Gasteiger partial charge in [0, 0.05) is 36.4 Å². The Bertz CT molecular complexity index is 829. The van der Waals surface area contributed by atoms with Crippen LogP contribution in [-0.4, -0.2) is 33.5 Å². The molecule has 7 heteroatoms. The second-order valence-electron chi connectivity index (χ2n) is 6.30. The molecule has 0 unspecified atom stereocenters. The molecule has 26 heavy (non-hydrogen) atoms. The molecule has 1 aromatic heterocycles. The molecule has 0 saturated carbocycles. The first-order valence-electron chi connectivity index (χ1n) is 8.68. The number of carbonyl (C=O) groups is 3. The second-order valence-corrected chi connectivity index (χ2v) is 6.30. The molecular formula is C19H21N3O4. The van der Waals surface area contributed by atoms with Crippen molar-refractivity contribution in [1.29, 1.82) is 0 Å². The first kappa shape index (κ1) is 17.8. The Morgan fingerprint density at radius 1 is 1.31 bits per heavy atom. The van der Waals surface area contributed by atoms with Gasteiger partial charge in [0.1, 0.15) is 0 Å². The van der Waals surface area contributed by atoms with Crippen LogP contribution in [0.2, 0.25) is 0 Å². The fourth-order valence-electron chi connectivity index (χ4n) is 2.91. The molecule has 2 amide bonds. The van der Waals surface area contributed by atoms with E-state index in [1.54, 1.807) is 0 Å². The van der Waals surface area contributed by atoms with E-state index in [-0.39, 0.29) is 19.3 Å². The molecule has 0 aliphatic carbocycles. The van der Waals surface area contributed by atoms with Crippen LogP contribution >= 0.6 is 0 Å². The van der Waals surface area contributed by atoms with Crippen LogP contribution in [0.25, 0.3) is 6.08 Å². The lowest BCUT2D eigenvalue weighted by Gasteiger charge is -2.12. The molecule has 0 spiro atoms. The molecule has 3 heterocycles. The molecule has 0 aromatic carbocycles. The highest BCUT2D eigenvalue weighted by Crippen LogP contribution is 2.20. The van der Waals surface area contributed by atoms with Gasteiger partial charge in [-0.3, -0.25) is 14.6 Å². The number of carbonyl (C=O) groups excluding carboxylic acids is 3. The fraction of sp³-hybridized carbons (Fsp3) is 0.368. The summed E-state index contributed by atoms with van der Waals surface area (Å²) in [7, 11) is 0. The summed E-state index contributed by atoms with van der Waals surface area (Å²) in [5.41, 5.74) is 4.95. The Kier molecular flexibility index (Phi) is 5.16. The zero-order valence-electron chi connectivity index (χ0n) is 14.9. The van der Waals surface area contributed by atoms with E-state index in [0.717, 1.165) is 29.2 Å². The molecule has 0 bridgehead atoms. The molecule has 3 rings (SSSR count). The van der Waals surface area contributed by atoms with Gasteiger partial charge in [-0.1, -0.05) is 6.92 Å². The summed E-state index contributed by atoms with van der Waals surface area (Å²) in [6.07, 6.45) is 7.28. The minimum absolute atomic E-state index is 0.0509. The van der Waals surface area contributed by atoms with Crippen molar-refractivity contribution in [3.8, 4) is 0 Å². The largest absolute Gasteiger partial charge is 0.359 e. The van der Waals surface area contributed by atoms with Gasteiger partial charge >= 0.3 is 5.97 Å². The standard InChI is InChI=1S/C19H21N3O4/c1-3-13-10-12(2)20-16(13)11-15-5-4-14(21-15)6-9-19(25)26-22-17(23)7-8-18(22)24/h4-5,10-11,20H,3,6-9H2,1-2H3/b15-11-. The number of aromatic amines is 1. The number of hydrogen-bond acceptors (Lipinski definition) is 5. The number of nitrogens with one attached hydrogen (secondary N) is 1. The Labute approximate surface area is 151 Å². The summed E-state index contributed by atoms with van der Waals surface area (Å²) in [6.45, 7) is 4.12. The van der Waals surface area contributed by atoms with Crippen molar-refractivity contribution >= 4 is 29.6 Å². The summed E-state index contributed by atoms with van der Waals surface area (Å²) in [5.74, 6) is -1.56. The van der Waals surface area contributed by atoms with Crippen LogP contribution in [0.5, 0.6) is 0 Å². The summed E-state index contributed by atoms with van der Waals surface area (Å²) in [6, 6.07) is 2.12. The average Bonchev–Trinajstić information content (AvgIpc) is 3.29. The van der Waals surface area contributed by atoms with Crippen LogP contribution in [0.4, 0.5) is 0 Å².